The summed E-state index contributed by atoms with van der Waals surface area (Å²) in [6.45, 7) is 0. The molecule has 4 heteroatoms. The SMILES string of the molecule is N[C@@H]1CCC[C@@H](CCB(O)O)C1. The number of hydrogen-bond donors (Lipinski definition) is 3. The van der Waals surface area contributed by atoms with E-state index in [-0.39, 0.29) is 0 Å². The van der Waals surface area contributed by atoms with Crippen LogP contribution in [0.1, 0.15) is 32.1 Å². The summed E-state index contributed by atoms with van der Waals surface area (Å²) in [7, 11) is -1.14. The third-order valence-electron chi connectivity index (χ3n) is 2.66. The molecule has 0 bridgehead atoms. The Balaban J connectivity index is 2.14. The molecule has 1 saturated carbocycles. The molecule has 1 rings (SSSR count). The lowest BCUT2D eigenvalue weighted by molar-refractivity contribution is 0.305. The second-order valence-corrected chi connectivity index (χ2v) is 3.85. The van der Waals surface area contributed by atoms with Gasteiger partial charge in [0.2, 0.25) is 0 Å². The lowest BCUT2D eigenvalue weighted by Crippen LogP contribution is -2.28. The van der Waals surface area contributed by atoms with Gasteiger partial charge in [-0.2, -0.15) is 0 Å². The molecule has 1 aliphatic rings. The molecule has 0 heterocycles. The van der Waals surface area contributed by atoms with Crippen molar-refractivity contribution >= 4 is 7.12 Å². The van der Waals surface area contributed by atoms with Crippen molar-refractivity contribution in [2.45, 2.75) is 44.5 Å². The zero-order chi connectivity index (χ0) is 8.97. The maximum atomic E-state index is 8.67. The summed E-state index contributed by atoms with van der Waals surface area (Å²) < 4.78 is 0. The van der Waals surface area contributed by atoms with Crippen molar-refractivity contribution in [1.29, 1.82) is 0 Å². The van der Waals surface area contributed by atoms with Crippen molar-refractivity contribution in [3.63, 3.8) is 0 Å². The van der Waals surface area contributed by atoms with Crippen LogP contribution in [0.3, 0.4) is 0 Å². The Kier molecular flexibility index (Phi) is 4.05. The van der Waals surface area contributed by atoms with Crippen molar-refractivity contribution in [1.82, 2.24) is 0 Å². The highest BCUT2D eigenvalue weighted by Crippen LogP contribution is 2.26. The summed E-state index contributed by atoms with van der Waals surface area (Å²) in [5.41, 5.74) is 5.81. The van der Waals surface area contributed by atoms with Crippen LogP contribution >= 0.6 is 0 Å². The Morgan fingerprint density at radius 3 is 2.67 bits per heavy atom. The van der Waals surface area contributed by atoms with Gasteiger partial charge in [0.15, 0.2) is 0 Å². The lowest BCUT2D eigenvalue weighted by Gasteiger charge is -2.26. The predicted octanol–water partition coefficient (Wildman–Crippen LogP) is 0.367. The summed E-state index contributed by atoms with van der Waals surface area (Å²) in [6.07, 6.45) is 6.02. The Morgan fingerprint density at radius 2 is 2.08 bits per heavy atom. The van der Waals surface area contributed by atoms with Gasteiger partial charge < -0.3 is 15.8 Å². The van der Waals surface area contributed by atoms with Gasteiger partial charge in [0.1, 0.15) is 0 Å². The molecule has 4 N–H and O–H groups in total. The number of rotatable bonds is 3. The van der Waals surface area contributed by atoms with Crippen molar-refractivity contribution in [3.05, 3.63) is 0 Å². The first-order chi connectivity index (χ1) is 5.68. The third-order valence-corrected chi connectivity index (χ3v) is 2.66. The summed E-state index contributed by atoms with van der Waals surface area (Å²) in [6, 6.07) is 0.347. The number of nitrogens with two attached hydrogens (primary N) is 1. The predicted molar refractivity (Wildman–Crippen MR) is 49.5 cm³/mol. The maximum Gasteiger partial charge on any atom is 0.451 e. The van der Waals surface area contributed by atoms with Gasteiger partial charge in [0.05, 0.1) is 0 Å². The minimum atomic E-state index is -1.14. The molecule has 0 amide bonds. The van der Waals surface area contributed by atoms with Crippen LogP contribution in [0.25, 0.3) is 0 Å². The molecule has 12 heavy (non-hydrogen) atoms. The van der Waals surface area contributed by atoms with Crippen LogP contribution in [-0.2, 0) is 0 Å². The van der Waals surface area contributed by atoms with E-state index in [1.54, 1.807) is 0 Å². The standard InChI is InChI=1S/C8H18BNO2/c10-8-3-1-2-7(6-8)4-5-9(11)12/h7-8,11-12H,1-6,10H2/t7-,8+/m0/s1. The molecule has 0 saturated heterocycles. The molecular formula is C8H18BNO2. The molecule has 0 spiro atoms. The van der Waals surface area contributed by atoms with Gasteiger partial charge in [-0.3, -0.25) is 0 Å². The van der Waals surface area contributed by atoms with Crippen LogP contribution in [-0.4, -0.2) is 23.2 Å². The van der Waals surface area contributed by atoms with Crippen LogP contribution in [0, 0.1) is 5.92 Å². The van der Waals surface area contributed by atoms with Crippen LogP contribution < -0.4 is 5.73 Å². The summed E-state index contributed by atoms with van der Waals surface area (Å²) in [4.78, 5) is 0. The Morgan fingerprint density at radius 1 is 1.33 bits per heavy atom. The smallest absolute Gasteiger partial charge is 0.427 e. The van der Waals surface area contributed by atoms with E-state index in [9.17, 15) is 0 Å². The van der Waals surface area contributed by atoms with E-state index in [1.165, 1.54) is 12.8 Å². The maximum absolute atomic E-state index is 8.67. The Hall–Kier alpha value is -0.0551. The topological polar surface area (TPSA) is 66.5 Å². The van der Waals surface area contributed by atoms with Crippen LogP contribution in [0.5, 0.6) is 0 Å². The fourth-order valence-electron chi connectivity index (χ4n) is 1.98. The largest absolute Gasteiger partial charge is 0.451 e. The summed E-state index contributed by atoms with van der Waals surface area (Å²) >= 11 is 0. The summed E-state index contributed by atoms with van der Waals surface area (Å²) in [5, 5.41) is 17.3. The van der Waals surface area contributed by atoms with Gasteiger partial charge in [-0.25, -0.2) is 0 Å². The fraction of sp³-hybridized carbons (Fsp3) is 1.00. The molecule has 3 nitrogen and oxygen atoms in total. The van der Waals surface area contributed by atoms with E-state index in [0.717, 1.165) is 19.3 Å². The molecule has 0 radical (unpaired) electrons. The van der Waals surface area contributed by atoms with Crippen LogP contribution in [0.15, 0.2) is 0 Å². The van der Waals surface area contributed by atoms with E-state index in [1.807, 2.05) is 0 Å². The molecule has 0 aromatic carbocycles. The first-order valence-corrected chi connectivity index (χ1v) is 4.80. The molecule has 70 valence electrons. The van der Waals surface area contributed by atoms with Gasteiger partial charge in [-0.05, 0) is 25.1 Å². The third kappa shape index (κ3) is 3.56. The zero-order valence-electron chi connectivity index (χ0n) is 7.45. The average molecular weight is 171 g/mol. The molecule has 1 aliphatic carbocycles. The van der Waals surface area contributed by atoms with E-state index >= 15 is 0 Å². The van der Waals surface area contributed by atoms with Gasteiger partial charge in [-0.1, -0.05) is 19.3 Å². The Bertz CT molecular complexity index is 132. The molecule has 0 aromatic heterocycles. The normalized spacial score (nSPS) is 30.2. The molecular weight excluding hydrogens is 153 g/mol. The highest BCUT2D eigenvalue weighted by atomic mass is 16.4. The van der Waals surface area contributed by atoms with Gasteiger partial charge in [0.25, 0.3) is 0 Å². The summed E-state index contributed by atoms with van der Waals surface area (Å²) in [5.74, 6) is 0.621. The second-order valence-electron chi connectivity index (χ2n) is 3.85. The van der Waals surface area contributed by atoms with Gasteiger partial charge >= 0.3 is 7.12 Å². The van der Waals surface area contributed by atoms with Crippen molar-refractivity contribution in [2.75, 3.05) is 0 Å². The first-order valence-electron chi connectivity index (χ1n) is 4.80. The Labute approximate surface area is 74.1 Å². The lowest BCUT2D eigenvalue weighted by atomic mass is 9.76. The van der Waals surface area contributed by atoms with E-state index in [4.69, 9.17) is 15.8 Å². The van der Waals surface area contributed by atoms with Crippen molar-refractivity contribution < 1.29 is 10.0 Å². The van der Waals surface area contributed by atoms with Gasteiger partial charge in [-0.15, -0.1) is 0 Å². The minimum Gasteiger partial charge on any atom is -0.427 e. The quantitative estimate of drug-likeness (QED) is 0.537. The highest BCUT2D eigenvalue weighted by molar-refractivity contribution is 6.40. The van der Waals surface area contributed by atoms with Gasteiger partial charge in [0, 0.05) is 6.04 Å². The van der Waals surface area contributed by atoms with E-state index in [0.29, 0.717) is 18.3 Å². The van der Waals surface area contributed by atoms with Crippen LogP contribution in [0.2, 0.25) is 6.32 Å². The van der Waals surface area contributed by atoms with Crippen molar-refractivity contribution in [3.8, 4) is 0 Å². The molecule has 0 aromatic rings. The van der Waals surface area contributed by atoms with Crippen molar-refractivity contribution in [2.24, 2.45) is 11.7 Å². The highest BCUT2D eigenvalue weighted by Gasteiger charge is 2.20. The molecule has 2 atom stereocenters. The molecule has 1 fully saturated rings. The average Bonchev–Trinajstić information content (AvgIpc) is 2.01. The minimum absolute atomic E-state index is 0.347. The monoisotopic (exact) mass is 171 g/mol. The zero-order valence-corrected chi connectivity index (χ0v) is 7.45. The fourth-order valence-corrected chi connectivity index (χ4v) is 1.98. The van der Waals surface area contributed by atoms with E-state index in [2.05, 4.69) is 0 Å². The van der Waals surface area contributed by atoms with Crippen LogP contribution in [0.4, 0.5) is 0 Å². The van der Waals surface area contributed by atoms with E-state index < -0.39 is 7.12 Å². The number of hydrogen-bond acceptors (Lipinski definition) is 3. The molecule has 0 unspecified atom stereocenters. The first kappa shape index (κ1) is 10.0. The second kappa shape index (κ2) is 4.85. The molecule has 0 aliphatic heterocycles.